The molecule has 0 unspecified atom stereocenters. The normalized spacial score (nSPS) is 10.2. The summed E-state index contributed by atoms with van der Waals surface area (Å²) in [7, 11) is 0. The molecular formula is C17H17ClN2O3. The topological polar surface area (TPSA) is 81.4 Å². The maximum atomic E-state index is 12.5. The number of benzene rings is 2. The number of hydrogen-bond donors (Lipinski definition) is 2. The van der Waals surface area contributed by atoms with Crippen molar-refractivity contribution in [3.63, 3.8) is 0 Å². The highest BCUT2D eigenvalue weighted by Gasteiger charge is 2.15. The number of ether oxygens (including phenoxy) is 1. The fraction of sp³-hybridized carbons (Fsp3) is 0.176. The molecule has 0 aliphatic heterocycles. The molecule has 23 heavy (non-hydrogen) atoms. The van der Waals surface area contributed by atoms with Crippen molar-refractivity contribution in [3.05, 3.63) is 58.6 Å². The molecule has 2 aromatic rings. The molecule has 0 aliphatic rings. The minimum atomic E-state index is -0.604. The highest BCUT2D eigenvalue weighted by molar-refractivity contribution is 6.30. The largest absolute Gasteiger partial charge is 0.493 e. The van der Waals surface area contributed by atoms with Crippen molar-refractivity contribution in [3.8, 4) is 5.75 Å². The number of amides is 2. The van der Waals surface area contributed by atoms with Gasteiger partial charge in [0.2, 0.25) is 5.91 Å². The van der Waals surface area contributed by atoms with Gasteiger partial charge in [0.1, 0.15) is 5.75 Å². The van der Waals surface area contributed by atoms with E-state index in [1.54, 1.807) is 30.3 Å². The quantitative estimate of drug-likeness (QED) is 0.849. The zero-order valence-corrected chi connectivity index (χ0v) is 13.4. The zero-order valence-electron chi connectivity index (χ0n) is 12.6. The van der Waals surface area contributed by atoms with E-state index in [1.807, 2.05) is 6.92 Å². The van der Waals surface area contributed by atoms with E-state index in [4.69, 9.17) is 22.1 Å². The summed E-state index contributed by atoms with van der Waals surface area (Å²) in [4.78, 5) is 23.8. The first-order valence-corrected chi connectivity index (χ1v) is 7.52. The number of rotatable bonds is 6. The summed E-state index contributed by atoms with van der Waals surface area (Å²) >= 11 is 5.82. The lowest BCUT2D eigenvalue weighted by atomic mass is 10.1. The molecule has 2 aromatic carbocycles. The molecule has 0 saturated heterocycles. The average molecular weight is 333 g/mol. The second-order valence-corrected chi connectivity index (χ2v) is 5.32. The van der Waals surface area contributed by atoms with Crippen LogP contribution in [0.3, 0.4) is 0 Å². The second-order valence-electron chi connectivity index (χ2n) is 4.88. The van der Waals surface area contributed by atoms with Gasteiger partial charge < -0.3 is 15.8 Å². The van der Waals surface area contributed by atoms with Crippen molar-refractivity contribution in [1.29, 1.82) is 0 Å². The molecule has 0 heterocycles. The summed E-state index contributed by atoms with van der Waals surface area (Å²) < 4.78 is 5.56. The van der Waals surface area contributed by atoms with Gasteiger partial charge in [-0.25, -0.2) is 0 Å². The number of primary amides is 1. The second kappa shape index (κ2) is 7.65. The number of anilines is 1. The van der Waals surface area contributed by atoms with E-state index in [0.29, 0.717) is 23.1 Å². The fourth-order valence-electron chi connectivity index (χ4n) is 1.93. The SMILES string of the molecule is CCCOc1ccc(C(N)=O)cc1C(=O)Nc1ccc(Cl)cc1. The van der Waals surface area contributed by atoms with Crippen LogP contribution in [0.4, 0.5) is 5.69 Å². The van der Waals surface area contributed by atoms with E-state index < -0.39 is 5.91 Å². The Labute approximate surface area is 139 Å². The van der Waals surface area contributed by atoms with Crippen LogP contribution in [0, 0.1) is 0 Å². The van der Waals surface area contributed by atoms with E-state index in [9.17, 15) is 9.59 Å². The number of nitrogens with one attached hydrogen (secondary N) is 1. The Morgan fingerprint density at radius 2 is 1.87 bits per heavy atom. The van der Waals surface area contributed by atoms with Crippen LogP contribution in [0.1, 0.15) is 34.1 Å². The number of halogens is 1. The first-order chi connectivity index (χ1) is 11.0. The molecule has 0 saturated carbocycles. The molecule has 0 radical (unpaired) electrons. The molecule has 0 aromatic heterocycles. The first-order valence-electron chi connectivity index (χ1n) is 7.15. The highest BCUT2D eigenvalue weighted by atomic mass is 35.5. The summed E-state index contributed by atoms with van der Waals surface area (Å²) in [6, 6.07) is 11.3. The van der Waals surface area contributed by atoms with Crippen LogP contribution < -0.4 is 15.8 Å². The highest BCUT2D eigenvalue weighted by Crippen LogP contribution is 2.22. The van der Waals surface area contributed by atoms with Crippen molar-refractivity contribution in [2.24, 2.45) is 5.73 Å². The number of carbonyl (C=O) groups is 2. The maximum Gasteiger partial charge on any atom is 0.259 e. The zero-order chi connectivity index (χ0) is 16.8. The van der Waals surface area contributed by atoms with Gasteiger partial charge in [-0.05, 0) is 48.9 Å². The molecule has 2 amide bonds. The Morgan fingerprint density at radius 1 is 1.17 bits per heavy atom. The Hall–Kier alpha value is -2.53. The predicted molar refractivity (Wildman–Crippen MR) is 90.2 cm³/mol. The van der Waals surface area contributed by atoms with Crippen molar-refractivity contribution in [2.45, 2.75) is 13.3 Å². The summed E-state index contributed by atoms with van der Waals surface area (Å²) in [6.45, 7) is 2.43. The minimum absolute atomic E-state index is 0.245. The monoisotopic (exact) mass is 332 g/mol. The average Bonchev–Trinajstić information content (AvgIpc) is 2.54. The molecule has 6 heteroatoms. The first kappa shape index (κ1) is 16.8. The van der Waals surface area contributed by atoms with Gasteiger partial charge in [0.05, 0.1) is 12.2 Å². The lowest BCUT2D eigenvalue weighted by molar-refractivity contribution is 0.1000. The van der Waals surface area contributed by atoms with E-state index >= 15 is 0 Å². The number of hydrogen-bond acceptors (Lipinski definition) is 3. The van der Waals surface area contributed by atoms with Crippen LogP contribution in [-0.2, 0) is 0 Å². The lowest BCUT2D eigenvalue weighted by Gasteiger charge is -2.12. The van der Waals surface area contributed by atoms with Crippen molar-refractivity contribution >= 4 is 29.1 Å². The molecule has 3 N–H and O–H groups in total. The molecule has 0 aliphatic carbocycles. The van der Waals surface area contributed by atoms with Gasteiger partial charge in [-0.2, -0.15) is 0 Å². The molecular weight excluding hydrogens is 316 g/mol. The van der Waals surface area contributed by atoms with Gasteiger partial charge in [0, 0.05) is 16.3 Å². The smallest absolute Gasteiger partial charge is 0.259 e. The van der Waals surface area contributed by atoms with Gasteiger partial charge in [0.15, 0.2) is 0 Å². The summed E-state index contributed by atoms with van der Waals surface area (Å²) in [5.41, 5.74) is 6.36. The van der Waals surface area contributed by atoms with Gasteiger partial charge in [-0.1, -0.05) is 18.5 Å². The van der Waals surface area contributed by atoms with Crippen molar-refractivity contribution < 1.29 is 14.3 Å². The van der Waals surface area contributed by atoms with Crippen LogP contribution in [0.5, 0.6) is 5.75 Å². The van der Waals surface area contributed by atoms with Crippen LogP contribution in [0.2, 0.25) is 5.02 Å². The van der Waals surface area contributed by atoms with E-state index in [1.165, 1.54) is 12.1 Å². The third-order valence-corrected chi connectivity index (χ3v) is 3.32. The molecule has 0 fully saturated rings. The lowest BCUT2D eigenvalue weighted by Crippen LogP contribution is -2.17. The van der Waals surface area contributed by atoms with Gasteiger partial charge in [-0.15, -0.1) is 0 Å². The van der Waals surface area contributed by atoms with Gasteiger partial charge in [-0.3, -0.25) is 9.59 Å². The van der Waals surface area contributed by atoms with Crippen LogP contribution in [0.25, 0.3) is 0 Å². The fourth-order valence-corrected chi connectivity index (χ4v) is 2.06. The van der Waals surface area contributed by atoms with Gasteiger partial charge in [0.25, 0.3) is 5.91 Å². The Bertz CT molecular complexity index is 714. The molecule has 0 bridgehead atoms. The van der Waals surface area contributed by atoms with E-state index in [2.05, 4.69) is 5.32 Å². The van der Waals surface area contributed by atoms with Gasteiger partial charge >= 0.3 is 0 Å². The Morgan fingerprint density at radius 3 is 2.48 bits per heavy atom. The standard InChI is InChI=1S/C17H17ClN2O3/c1-2-9-23-15-8-3-11(16(19)21)10-14(15)17(22)20-13-6-4-12(18)5-7-13/h3-8,10H,2,9H2,1H3,(H2,19,21)(H,20,22). The predicted octanol–water partition coefficient (Wildman–Crippen LogP) is 3.48. The van der Waals surface area contributed by atoms with Crippen LogP contribution >= 0.6 is 11.6 Å². The Balaban J connectivity index is 2.29. The summed E-state index contributed by atoms with van der Waals surface area (Å²) in [5.74, 6) is -0.586. The molecule has 5 nitrogen and oxygen atoms in total. The third-order valence-electron chi connectivity index (χ3n) is 3.07. The van der Waals surface area contributed by atoms with Crippen LogP contribution in [0.15, 0.2) is 42.5 Å². The molecule has 2 rings (SSSR count). The molecule has 120 valence electrons. The number of carbonyl (C=O) groups excluding carboxylic acids is 2. The maximum absolute atomic E-state index is 12.5. The van der Waals surface area contributed by atoms with Crippen molar-refractivity contribution in [1.82, 2.24) is 0 Å². The van der Waals surface area contributed by atoms with Crippen LogP contribution in [-0.4, -0.2) is 18.4 Å². The molecule has 0 atom stereocenters. The minimum Gasteiger partial charge on any atom is -0.493 e. The third kappa shape index (κ3) is 4.47. The van der Waals surface area contributed by atoms with E-state index in [0.717, 1.165) is 6.42 Å². The summed E-state index contributed by atoms with van der Waals surface area (Å²) in [5, 5.41) is 3.31. The van der Waals surface area contributed by atoms with Crippen molar-refractivity contribution in [2.75, 3.05) is 11.9 Å². The Kier molecular flexibility index (Phi) is 5.60. The summed E-state index contributed by atoms with van der Waals surface area (Å²) in [6.07, 6.45) is 0.801. The molecule has 0 spiro atoms. The van der Waals surface area contributed by atoms with E-state index in [-0.39, 0.29) is 17.0 Å². The number of nitrogens with two attached hydrogens (primary N) is 1.